The second-order valence-corrected chi connectivity index (χ2v) is 3.37. The summed E-state index contributed by atoms with van der Waals surface area (Å²) >= 11 is 0. The van der Waals surface area contributed by atoms with Crippen LogP contribution in [0.3, 0.4) is 0 Å². The first kappa shape index (κ1) is 5.20. The standard InChI is InChI=1S/C4H7O2P/c5-4-2-1-3-7(4)6/h6H,1-3H2. The Kier molecular flexibility index (Phi) is 1.40. The topological polar surface area (TPSA) is 37.3 Å². The normalized spacial score (nSPS) is 31.6. The molecular formula is C4H7O2P. The summed E-state index contributed by atoms with van der Waals surface area (Å²) in [5, 5.41) is 0. The van der Waals surface area contributed by atoms with Crippen molar-refractivity contribution in [2.24, 2.45) is 0 Å². The van der Waals surface area contributed by atoms with Crippen LogP contribution in [0, 0.1) is 0 Å². The van der Waals surface area contributed by atoms with E-state index in [9.17, 15) is 4.79 Å². The zero-order chi connectivity index (χ0) is 5.28. The maximum absolute atomic E-state index is 10.4. The van der Waals surface area contributed by atoms with E-state index in [0.29, 0.717) is 6.42 Å². The number of hydrogen-bond acceptors (Lipinski definition) is 2. The van der Waals surface area contributed by atoms with Crippen LogP contribution in [0.2, 0.25) is 0 Å². The molecule has 1 heterocycles. The van der Waals surface area contributed by atoms with Crippen LogP contribution < -0.4 is 0 Å². The monoisotopic (exact) mass is 118 g/mol. The summed E-state index contributed by atoms with van der Waals surface area (Å²) in [4.78, 5) is 19.1. The van der Waals surface area contributed by atoms with Gasteiger partial charge in [-0.1, -0.05) is 0 Å². The van der Waals surface area contributed by atoms with Gasteiger partial charge in [-0.2, -0.15) is 0 Å². The summed E-state index contributed by atoms with van der Waals surface area (Å²) in [6.07, 6.45) is 2.26. The van der Waals surface area contributed by atoms with E-state index < -0.39 is 8.15 Å². The Hall–Kier alpha value is 0.0600. The van der Waals surface area contributed by atoms with E-state index in [1.54, 1.807) is 0 Å². The van der Waals surface area contributed by atoms with Crippen LogP contribution in [0.1, 0.15) is 12.8 Å². The SMILES string of the molecule is O=C1CCCP1O. The van der Waals surface area contributed by atoms with Crippen molar-refractivity contribution in [3.05, 3.63) is 0 Å². The largest absolute Gasteiger partial charge is 0.366 e. The van der Waals surface area contributed by atoms with Gasteiger partial charge in [0.2, 0.25) is 0 Å². The van der Waals surface area contributed by atoms with Gasteiger partial charge in [0.25, 0.3) is 0 Å². The van der Waals surface area contributed by atoms with Crippen LogP contribution in [0.15, 0.2) is 0 Å². The molecular weight excluding hydrogens is 111 g/mol. The molecule has 0 spiro atoms. The summed E-state index contributed by atoms with van der Waals surface area (Å²) in [6.45, 7) is 0. The van der Waals surface area contributed by atoms with Crippen LogP contribution >= 0.6 is 8.15 Å². The summed E-state index contributed by atoms with van der Waals surface area (Å²) < 4.78 is 0. The van der Waals surface area contributed by atoms with E-state index in [4.69, 9.17) is 4.89 Å². The Morgan fingerprint density at radius 2 is 2.43 bits per heavy atom. The van der Waals surface area contributed by atoms with Gasteiger partial charge < -0.3 is 4.89 Å². The fourth-order valence-electron chi connectivity index (χ4n) is 0.634. The first-order valence-electron chi connectivity index (χ1n) is 2.30. The summed E-state index contributed by atoms with van der Waals surface area (Å²) in [5.74, 6) is 0. The second kappa shape index (κ2) is 1.89. The van der Waals surface area contributed by atoms with Gasteiger partial charge in [0.15, 0.2) is 5.52 Å². The van der Waals surface area contributed by atoms with Crippen LogP contribution in [0.5, 0.6) is 0 Å². The summed E-state index contributed by atoms with van der Waals surface area (Å²) in [7, 11) is -1.17. The Balaban J connectivity index is 2.48. The van der Waals surface area contributed by atoms with Crippen molar-refractivity contribution in [2.75, 3.05) is 6.16 Å². The molecule has 1 unspecified atom stereocenters. The molecule has 40 valence electrons. The molecule has 0 aliphatic carbocycles. The Morgan fingerprint density at radius 3 is 2.57 bits per heavy atom. The fraction of sp³-hybridized carbons (Fsp3) is 0.750. The van der Waals surface area contributed by atoms with Gasteiger partial charge in [-0.25, -0.2) is 0 Å². The molecule has 1 saturated heterocycles. The smallest absolute Gasteiger partial charge is 0.181 e. The highest BCUT2D eigenvalue weighted by Gasteiger charge is 2.20. The van der Waals surface area contributed by atoms with Gasteiger partial charge in [0, 0.05) is 6.42 Å². The molecule has 0 radical (unpaired) electrons. The predicted molar refractivity (Wildman–Crippen MR) is 28.2 cm³/mol. The minimum atomic E-state index is -1.17. The van der Waals surface area contributed by atoms with E-state index in [-0.39, 0.29) is 5.52 Å². The first-order chi connectivity index (χ1) is 3.30. The maximum Gasteiger partial charge on any atom is 0.181 e. The zero-order valence-electron chi connectivity index (χ0n) is 3.92. The Labute approximate surface area is 43.4 Å². The summed E-state index contributed by atoms with van der Waals surface area (Å²) in [5.41, 5.74) is 0.0787. The highest BCUT2D eigenvalue weighted by Crippen LogP contribution is 2.39. The predicted octanol–water partition coefficient (Wildman–Crippen LogP) is 0.696. The molecule has 1 atom stereocenters. The zero-order valence-corrected chi connectivity index (χ0v) is 4.82. The van der Waals surface area contributed by atoms with Gasteiger partial charge >= 0.3 is 0 Å². The number of rotatable bonds is 0. The number of carbonyl (C=O) groups is 1. The molecule has 0 saturated carbocycles. The van der Waals surface area contributed by atoms with E-state index in [0.717, 1.165) is 12.6 Å². The van der Waals surface area contributed by atoms with Gasteiger partial charge in [-0.05, 0) is 12.6 Å². The van der Waals surface area contributed by atoms with Crippen molar-refractivity contribution >= 4 is 13.7 Å². The van der Waals surface area contributed by atoms with Crippen molar-refractivity contribution in [3.63, 3.8) is 0 Å². The van der Waals surface area contributed by atoms with Crippen LogP contribution in [-0.4, -0.2) is 16.6 Å². The lowest BCUT2D eigenvalue weighted by atomic mass is 10.4. The molecule has 2 nitrogen and oxygen atoms in total. The van der Waals surface area contributed by atoms with E-state index in [2.05, 4.69) is 0 Å². The van der Waals surface area contributed by atoms with E-state index in [1.807, 2.05) is 0 Å². The average molecular weight is 118 g/mol. The van der Waals surface area contributed by atoms with E-state index >= 15 is 0 Å². The highest BCUT2D eigenvalue weighted by molar-refractivity contribution is 7.70. The van der Waals surface area contributed by atoms with Gasteiger partial charge in [-0.15, -0.1) is 0 Å². The number of hydrogen-bond donors (Lipinski definition) is 1. The Morgan fingerprint density at radius 1 is 1.71 bits per heavy atom. The molecule has 7 heavy (non-hydrogen) atoms. The molecule has 1 rings (SSSR count). The summed E-state index contributed by atoms with van der Waals surface area (Å²) in [6, 6.07) is 0. The molecule has 1 aliphatic heterocycles. The molecule has 1 N–H and O–H groups in total. The molecule has 0 bridgehead atoms. The molecule has 0 aromatic rings. The third-order valence-electron chi connectivity index (χ3n) is 1.05. The first-order valence-corrected chi connectivity index (χ1v) is 3.78. The van der Waals surface area contributed by atoms with Gasteiger partial charge in [-0.3, -0.25) is 4.79 Å². The fourth-order valence-corrected chi connectivity index (χ4v) is 1.76. The molecule has 1 fully saturated rings. The third-order valence-corrected chi connectivity index (χ3v) is 2.59. The Bertz CT molecular complexity index is 91.7. The maximum atomic E-state index is 10.4. The lowest BCUT2D eigenvalue weighted by molar-refractivity contribution is -0.111. The molecule has 0 aromatic carbocycles. The minimum Gasteiger partial charge on any atom is -0.366 e. The molecule has 1 aliphatic rings. The van der Waals surface area contributed by atoms with Crippen LogP contribution in [0.25, 0.3) is 0 Å². The van der Waals surface area contributed by atoms with E-state index in [1.165, 1.54) is 0 Å². The third kappa shape index (κ3) is 0.987. The minimum absolute atomic E-state index is 0.0787. The van der Waals surface area contributed by atoms with Gasteiger partial charge in [0.1, 0.15) is 0 Å². The highest BCUT2D eigenvalue weighted by atomic mass is 31.1. The van der Waals surface area contributed by atoms with Crippen molar-refractivity contribution in [3.8, 4) is 0 Å². The molecule has 0 amide bonds. The molecule has 3 heteroatoms. The van der Waals surface area contributed by atoms with Crippen molar-refractivity contribution in [2.45, 2.75) is 12.8 Å². The quantitative estimate of drug-likeness (QED) is 0.475. The number of carbonyl (C=O) groups excluding carboxylic acids is 1. The van der Waals surface area contributed by atoms with Crippen molar-refractivity contribution in [1.29, 1.82) is 0 Å². The van der Waals surface area contributed by atoms with Crippen molar-refractivity contribution < 1.29 is 9.69 Å². The average Bonchev–Trinajstić information content (AvgIpc) is 1.91. The lowest BCUT2D eigenvalue weighted by Crippen LogP contribution is -1.81. The molecule has 0 aromatic heterocycles. The van der Waals surface area contributed by atoms with Crippen molar-refractivity contribution in [1.82, 2.24) is 0 Å². The van der Waals surface area contributed by atoms with Crippen LogP contribution in [0.4, 0.5) is 0 Å². The lowest BCUT2D eigenvalue weighted by Gasteiger charge is -1.90. The van der Waals surface area contributed by atoms with Gasteiger partial charge in [0.05, 0.1) is 8.15 Å². The second-order valence-electron chi connectivity index (χ2n) is 1.62. The van der Waals surface area contributed by atoms with Crippen LogP contribution in [-0.2, 0) is 4.79 Å².